The van der Waals surface area contributed by atoms with Crippen molar-refractivity contribution in [3.8, 4) is 28.7 Å². The SMILES string of the molecule is OC[C@H]1OC[C@](O)(C2c3c(O)cc(O)cc3O[C@H](c3ccc(O)c(O)c3)[C@H]2O)[C@@H](O)[C@@H]1O. The van der Waals surface area contributed by atoms with E-state index in [2.05, 4.69) is 0 Å². The highest BCUT2D eigenvalue weighted by Crippen LogP contribution is 2.53. The van der Waals surface area contributed by atoms with E-state index in [4.69, 9.17) is 9.47 Å². The minimum absolute atomic E-state index is 0.130. The van der Waals surface area contributed by atoms with Crippen LogP contribution in [0.1, 0.15) is 23.1 Å². The van der Waals surface area contributed by atoms with Crippen LogP contribution in [0.15, 0.2) is 30.3 Å². The monoisotopic (exact) mass is 452 g/mol. The number of aliphatic hydroxyl groups is 5. The zero-order valence-electron chi connectivity index (χ0n) is 16.6. The van der Waals surface area contributed by atoms with Gasteiger partial charge in [0.2, 0.25) is 0 Å². The first-order valence-electron chi connectivity index (χ1n) is 9.82. The maximum Gasteiger partial charge on any atom is 0.157 e. The Kier molecular flexibility index (Phi) is 5.57. The van der Waals surface area contributed by atoms with Crippen LogP contribution in [0.2, 0.25) is 0 Å². The van der Waals surface area contributed by atoms with Crippen molar-refractivity contribution in [3.05, 3.63) is 41.5 Å². The molecule has 0 aliphatic carbocycles. The number of benzene rings is 2. The second-order valence-corrected chi connectivity index (χ2v) is 8.09. The van der Waals surface area contributed by atoms with Gasteiger partial charge < -0.3 is 55.4 Å². The fourth-order valence-corrected chi connectivity index (χ4v) is 4.45. The van der Waals surface area contributed by atoms with Crippen LogP contribution in [-0.2, 0) is 4.74 Å². The van der Waals surface area contributed by atoms with E-state index in [0.29, 0.717) is 0 Å². The second kappa shape index (κ2) is 7.96. The number of phenols is 4. The first-order chi connectivity index (χ1) is 15.1. The fraction of sp³-hybridized carbons (Fsp3) is 0.429. The smallest absolute Gasteiger partial charge is 0.157 e. The van der Waals surface area contributed by atoms with E-state index in [1.165, 1.54) is 6.07 Å². The van der Waals surface area contributed by atoms with E-state index in [-0.39, 0.29) is 22.6 Å². The quantitative estimate of drug-likeness (QED) is 0.257. The molecule has 11 heteroatoms. The van der Waals surface area contributed by atoms with Crippen molar-refractivity contribution in [2.45, 2.75) is 42.0 Å². The summed E-state index contributed by atoms with van der Waals surface area (Å²) in [5.41, 5.74) is -2.32. The third kappa shape index (κ3) is 3.39. The number of aromatic hydroxyl groups is 4. The molecule has 1 unspecified atom stereocenters. The van der Waals surface area contributed by atoms with Crippen molar-refractivity contribution in [2.75, 3.05) is 13.2 Å². The number of hydrogen-bond donors (Lipinski definition) is 9. The minimum Gasteiger partial charge on any atom is -0.508 e. The van der Waals surface area contributed by atoms with Gasteiger partial charge in [-0.15, -0.1) is 0 Å². The predicted molar refractivity (Wildman–Crippen MR) is 105 cm³/mol. The molecule has 7 atom stereocenters. The van der Waals surface area contributed by atoms with Gasteiger partial charge >= 0.3 is 0 Å². The Hall–Kier alpha value is -2.80. The Morgan fingerprint density at radius 1 is 0.906 bits per heavy atom. The average Bonchev–Trinajstić information content (AvgIpc) is 2.74. The molecule has 0 radical (unpaired) electrons. The highest BCUT2D eigenvalue weighted by atomic mass is 16.5. The molecule has 0 amide bonds. The van der Waals surface area contributed by atoms with Gasteiger partial charge in [0.25, 0.3) is 0 Å². The normalized spacial score (nSPS) is 34.5. The average molecular weight is 452 g/mol. The Bertz CT molecular complexity index is 1010. The lowest BCUT2D eigenvalue weighted by atomic mass is 9.69. The molecule has 4 rings (SSSR count). The van der Waals surface area contributed by atoms with E-state index in [1.807, 2.05) is 0 Å². The zero-order chi connectivity index (χ0) is 23.4. The molecule has 32 heavy (non-hydrogen) atoms. The number of fused-ring (bicyclic) bond motifs is 1. The summed E-state index contributed by atoms with van der Waals surface area (Å²) in [7, 11) is 0. The Balaban J connectivity index is 1.85. The van der Waals surface area contributed by atoms with Gasteiger partial charge in [0, 0.05) is 17.7 Å². The van der Waals surface area contributed by atoms with Crippen LogP contribution in [0.3, 0.4) is 0 Å². The van der Waals surface area contributed by atoms with Crippen molar-refractivity contribution < 1.29 is 55.4 Å². The molecule has 2 aromatic rings. The first-order valence-corrected chi connectivity index (χ1v) is 9.82. The molecular formula is C21H24O11. The summed E-state index contributed by atoms with van der Waals surface area (Å²) in [5, 5.41) is 92.9. The van der Waals surface area contributed by atoms with E-state index >= 15 is 0 Å². The number of ether oxygens (including phenoxy) is 2. The third-order valence-electron chi connectivity index (χ3n) is 6.11. The molecule has 174 valence electrons. The topological polar surface area (TPSA) is 201 Å². The van der Waals surface area contributed by atoms with Gasteiger partial charge in [0.15, 0.2) is 17.6 Å². The van der Waals surface area contributed by atoms with Crippen LogP contribution in [0.5, 0.6) is 28.7 Å². The molecule has 2 aromatic carbocycles. The minimum atomic E-state index is -2.35. The van der Waals surface area contributed by atoms with Crippen molar-refractivity contribution in [1.29, 1.82) is 0 Å². The molecule has 2 aliphatic heterocycles. The Labute approximate surface area is 181 Å². The molecular weight excluding hydrogens is 428 g/mol. The van der Waals surface area contributed by atoms with Crippen LogP contribution in [0, 0.1) is 0 Å². The number of hydrogen-bond acceptors (Lipinski definition) is 11. The molecule has 0 aromatic heterocycles. The number of rotatable bonds is 3. The molecule has 1 fully saturated rings. The lowest BCUT2D eigenvalue weighted by Crippen LogP contribution is -2.66. The number of aliphatic hydroxyl groups excluding tert-OH is 4. The van der Waals surface area contributed by atoms with Gasteiger partial charge in [-0.1, -0.05) is 6.07 Å². The highest BCUT2D eigenvalue weighted by molar-refractivity contribution is 5.55. The van der Waals surface area contributed by atoms with E-state index in [1.54, 1.807) is 0 Å². The standard InChI is InChI=1S/C21H24O11/c22-6-14-17(27)20(29)21(30,7-31-14)16-15-12(26)4-9(23)5-13(15)32-19(18(16)28)8-1-2-10(24)11(25)3-8/h1-5,14,16-20,22-30H,6-7H2/t14-,16?,17-,18+,19-,20+,21+/m1/s1. The van der Waals surface area contributed by atoms with Crippen LogP contribution in [-0.4, -0.2) is 89.2 Å². The van der Waals surface area contributed by atoms with Gasteiger partial charge in [-0.25, -0.2) is 0 Å². The lowest BCUT2D eigenvalue weighted by molar-refractivity contribution is -0.259. The zero-order valence-corrected chi connectivity index (χ0v) is 16.6. The third-order valence-corrected chi connectivity index (χ3v) is 6.11. The van der Waals surface area contributed by atoms with Crippen LogP contribution in [0.4, 0.5) is 0 Å². The van der Waals surface area contributed by atoms with Crippen molar-refractivity contribution >= 4 is 0 Å². The van der Waals surface area contributed by atoms with Crippen molar-refractivity contribution in [2.24, 2.45) is 0 Å². The molecule has 2 aliphatic rings. The summed E-state index contributed by atoms with van der Waals surface area (Å²) < 4.78 is 11.1. The highest BCUT2D eigenvalue weighted by Gasteiger charge is 2.59. The summed E-state index contributed by atoms with van der Waals surface area (Å²) in [4.78, 5) is 0. The lowest BCUT2D eigenvalue weighted by Gasteiger charge is -2.51. The van der Waals surface area contributed by atoms with E-state index < -0.39 is 72.5 Å². The van der Waals surface area contributed by atoms with Crippen molar-refractivity contribution in [1.82, 2.24) is 0 Å². The molecule has 1 saturated heterocycles. The maximum atomic E-state index is 11.4. The Morgan fingerprint density at radius 3 is 2.28 bits per heavy atom. The molecule has 0 saturated carbocycles. The van der Waals surface area contributed by atoms with Crippen LogP contribution >= 0.6 is 0 Å². The largest absolute Gasteiger partial charge is 0.508 e. The van der Waals surface area contributed by atoms with E-state index in [9.17, 15) is 46.0 Å². The van der Waals surface area contributed by atoms with Gasteiger partial charge in [-0.2, -0.15) is 0 Å². The molecule has 0 spiro atoms. The molecule has 0 bridgehead atoms. The van der Waals surface area contributed by atoms with Gasteiger partial charge in [0.05, 0.1) is 19.1 Å². The first kappa shape index (κ1) is 22.4. The van der Waals surface area contributed by atoms with Gasteiger partial charge in [-0.3, -0.25) is 0 Å². The van der Waals surface area contributed by atoms with E-state index in [0.717, 1.165) is 24.3 Å². The van der Waals surface area contributed by atoms with Crippen LogP contribution < -0.4 is 4.74 Å². The summed E-state index contributed by atoms with van der Waals surface area (Å²) in [5.74, 6) is -3.47. The fourth-order valence-electron chi connectivity index (χ4n) is 4.45. The Morgan fingerprint density at radius 2 is 1.62 bits per heavy atom. The summed E-state index contributed by atoms with van der Waals surface area (Å²) in [6.45, 7) is -1.25. The molecule has 9 N–H and O–H groups in total. The van der Waals surface area contributed by atoms with Gasteiger partial charge in [0.1, 0.15) is 47.3 Å². The maximum absolute atomic E-state index is 11.4. The molecule has 2 heterocycles. The van der Waals surface area contributed by atoms with Gasteiger partial charge in [-0.05, 0) is 17.7 Å². The second-order valence-electron chi connectivity index (χ2n) is 8.09. The number of phenolic OH excluding ortho intramolecular Hbond substituents is 4. The summed E-state index contributed by atoms with van der Waals surface area (Å²) in [6, 6.07) is 5.73. The molecule has 11 nitrogen and oxygen atoms in total. The summed E-state index contributed by atoms with van der Waals surface area (Å²) in [6.07, 6.45) is -7.75. The predicted octanol–water partition coefficient (Wildman–Crippen LogP) is -1.07. The van der Waals surface area contributed by atoms with Crippen LogP contribution in [0.25, 0.3) is 0 Å². The summed E-state index contributed by atoms with van der Waals surface area (Å²) >= 11 is 0. The van der Waals surface area contributed by atoms with Crippen molar-refractivity contribution in [3.63, 3.8) is 0 Å².